The first kappa shape index (κ1) is 15.0. The number of piperazine rings is 1. The minimum atomic E-state index is -0.531. The number of oxime groups is 1. The fraction of sp³-hybridized carbons (Fsp3) is 0.462. The van der Waals surface area contributed by atoms with Crippen LogP contribution in [0.1, 0.15) is 17.4 Å². The second kappa shape index (κ2) is 6.40. The number of nitrogens with zero attached hydrogens (tertiary/aromatic N) is 4. The molecule has 0 aromatic carbocycles. The lowest BCUT2D eigenvalue weighted by atomic mass is 10.2. The summed E-state index contributed by atoms with van der Waals surface area (Å²) in [6.45, 7) is 5.04. The van der Waals surface area contributed by atoms with Gasteiger partial charge in [0, 0.05) is 38.1 Å². The molecule has 8 nitrogen and oxygen atoms in total. The van der Waals surface area contributed by atoms with E-state index in [-0.39, 0.29) is 17.6 Å². The van der Waals surface area contributed by atoms with Crippen molar-refractivity contribution in [2.24, 2.45) is 16.6 Å². The van der Waals surface area contributed by atoms with Crippen molar-refractivity contribution in [1.29, 1.82) is 0 Å². The fourth-order valence-corrected chi connectivity index (χ4v) is 2.39. The van der Waals surface area contributed by atoms with Crippen LogP contribution in [0.4, 0.5) is 5.69 Å². The van der Waals surface area contributed by atoms with Crippen LogP contribution in [-0.4, -0.2) is 59.1 Å². The maximum Gasteiger partial charge on any atom is 0.267 e. The molecule has 1 unspecified atom stereocenters. The van der Waals surface area contributed by atoms with Crippen LogP contribution in [0.15, 0.2) is 23.5 Å². The highest BCUT2D eigenvalue weighted by molar-refractivity contribution is 5.91. The van der Waals surface area contributed by atoms with E-state index in [0.29, 0.717) is 0 Å². The second-order valence-corrected chi connectivity index (χ2v) is 4.99. The Morgan fingerprint density at radius 2 is 2.05 bits per heavy atom. The average molecular weight is 292 g/mol. The molecule has 2 rings (SSSR count). The van der Waals surface area contributed by atoms with Crippen LogP contribution in [0, 0.1) is 0 Å². The molecule has 1 fully saturated rings. The highest BCUT2D eigenvalue weighted by atomic mass is 16.4. The van der Waals surface area contributed by atoms with Gasteiger partial charge < -0.3 is 21.6 Å². The Morgan fingerprint density at radius 3 is 2.62 bits per heavy atom. The number of nitrogens with two attached hydrogens (primary N) is 2. The molecule has 0 aliphatic carbocycles. The first-order valence-corrected chi connectivity index (χ1v) is 6.75. The molecule has 1 aliphatic heterocycles. The molecule has 1 aromatic rings. The molecule has 0 bridgehead atoms. The van der Waals surface area contributed by atoms with Crippen LogP contribution in [-0.2, 0) is 0 Å². The van der Waals surface area contributed by atoms with E-state index in [9.17, 15) is 4.79 Å². The van der Waals surface area contributed by atoms with Crippen molar-refractivity contribution in [3.05, 3.63) is 24.0 Å². The summed E-state index contributed by atoms with van der Waals surface area (Å²) in [5, 5.41) is 11.8. The van der Waals surface area contributed by atoms with Crippen molar-refractivity contribution >= 4 is 17.4 Å². The number of primary amides is 1. The number of rotatable bonds is 4. The van der Waals surface area contributed by atoms with Crippen molar-refractivity contribution < 1.29 is 10.0 Å². The van der Waals surface area contributed by atoms with Gasteiger partial charge in [-0.3, -0.25) is 14.7 Å². The third kappa shape index (κ3) is 3.40. The van der Waals surface area contributed by atoms with Crippen LogP contribution in [0.25, 0.3) is 0 Å². The Bertz CT molecular complexity index is 539. The number of carbonyl (C=O) groups excluding carboxylic acids is 1. The van der Waals surface area contributed by atoms with Gasteiger partial charge in [-0.15, -0.1) is 0 Å². The first-order chi connectivity index (χ1) is 10.0. The van der Waals surface area contributed by atoms with Crippen molar-refractivity contribution in [2.45, 2.75) is 13.0 Å². The number of aromatic nitrogens is 1. The molecule has 5 N–H and O–H groups in total. The normalized spacial score (nSPS) is 18.5. The number of pyridine rings is 1. The number of amidine groups is 1. The standard InChI is InChI=1S/C13H20N6O2/c1-9(12(14)17-21)18-4-6-19(7-5-18)10-2-3-16-11(8-10)13(15)20/h2-3,8-9,21H,4-7H2,1H3,(H2,14,17)(H2,15,20). The molecule has 1 atom stereocenters. The van der Waals surface area contributed by atoms with E-state index in [2.05, 4.69) is 19.9 Å². The predicted octanol–water partition coefficient (Wildman–Crippen LogP) is -0.563. The van der Waals surface area contributed by atoms with Crippen LogP contribution in [0.3, 0.4) is 0 Å². The number of anilines is 1. The van der Waals surface area contributed by atoms with Crippen molar-refractivity contribution in [1.82, 2.24) is 9.88 Å². The largest absolute Gasteiger partial charge is 0.409 e. The molecule has 0 radical (unpaired) electrons. The topological polar surface area (TPSA) is 121 Å². The lowest BCUT2D eigenvalue weighted by molar-refractivity contribution is 0.0995. The molecule has 1 amide bonds. The van der Waals surface area contributed by atoms with Gasteiger partial charge in [0.05, 0.1) is 6.04 Å². The minimum absolute atomic E-state index is 0.101. The minimum Gasteiger partial charge on any atom is -0.409 e. The second-order valence-electron chi connectivity index (χ2n) is 4.99. The summed E-state index contributed by atoms with van der Waals surface area (Å²) in [5.74, 6) is -0.320. The Labute approximate surface area is 123 Å². The van der Waals surface area contributed by atoms with Gasteiger partial charge >= 0.3 is 0 Å². The van der Waals surface area contributed by atoms with Gasteiger partial charge in [0.2, 0.25) is 0 Å². The summed E-state index contributed by atoms with van der Waals surface area (Å²) in [6.07, 6.45) is 1.58. The smallest absolute Gasteiger partial charge is 0.267 e. The molecule has 0 spiro atoms. The van der Waals surface area contributed by atoms with Gasteiger partial charge in [-0.2, -0.15) is 0 Å². The Kier molecular flexibility index (Phi) is 4.59. The zero-order valence-electron chi connectivity index (χ0n) is 11.9. The molecule has 21 heavy (non-hydrogen) atoms. The van der Waals surface area contributed by atoms with Crippen molar-refractivity contribution in [3.8, 4) is 0 Å². The molecule has 0 saturated carbocycles. The van der Waals surface area contributed by atoms with Crippen LogP contribution in [0.2, 0.25) is 0 Å². The van der Waals surface area contributed by atoms with Crippen LogP contribution >= 0.6 is 0 Å². The molecule has 114 valence electrons. The number of hydrogen-bond donors (Lipinski definition) is 3. The summed E-state index contributed by atoms with van der Waals surface area (Å²) in [4.78, 5) is 19.4. The Balaban J connectivity index is 2.01. The Morgan fingerprint density at radius 1 is 1.38 bits per heavy atom. The molecule has 8 heteroatoms. The summed E-state index contributed by atoms with van der Waals surface area (Å²) in [5.41, 5.74) is 12.1. The van der Waals surface area contributed by atoms with E-state index in [1.807, 2.05) is 13.0 Å². The SMILES string of the molecule is CC(C(N)=NO)N1CCN(c2ccnc(C(N)=O)c2)CC1. The lowest BCUT2D eigenvalue weighted by Crippen LogP contribution is -2.53. The average Bonchev–Trinajstić information content (AvgIpc) is 2.53. The highest BCUT2D eigenvalue weighted by Gasteiger charge is 2.23. The van der Waals surface area contributed by atoms with E-state index >= 15 is 0 Å². The molecule has 1 aliphatic rings. The third-order valence-corrected chi connectivity index (χ3v) is 3.77. The van der Waals surface area contributed by atoms with E-state index < -0.39 is 5.91 Å². The zero-order chi connectivity index (χ0) is 15.4. The number of amides is 1. The maximum absolute atomic E-state index is 11.2. The molecular formula is C13H20N6O2. The van der Waals surface area contributed by atoms with Gasteiger partial charge in [0.15, 0.2) is 5.84 Å². The van der Waals surface area contributed by atoms with E-state index in [1.54, 1.807) is 12.3 Å². The van der Waals surface area contributed by atoms with Crippen LogP contribution < -0.4 is 16.4 Å². The first-order valence-electron chi connectivity index (χ1n) is 6.75. The van der Waals surface area contributed by atoms with Gasteiger partial charge in [0.25, 0.3) is 5.91 Å². The fourth-order valence-electron chi connectivity index (χ4n) is 2.39. The van der Waals surface area contributed by atoms with Gasteiger partial charge in [0.1, 0.15) is 5.69 Å². The Hall–Kier alpha value is -2.35. The molecule has 1 aromatic heterocycles. The summed E-state index contributed by atoms with van der Waals surface area (Å²) < 4.78 is 0. The predicted molar refractivity (Wildman–Crippen MR) is 79.4 cm³/mol. The number of hydrogen-bond acceptors (Lipinski definition) is 6. The highest BCUT2D eigenvalue weighted by Crippen LogP contribution is 2.17. The molecule has 1 saturated heterocycles. The van der Waals surface area contributed by atoms with Gasteiger partial charge in [-0.1, -0.05) is 5.16 Å². The zero-order valence-corrected chi connectivity index (χ0v) is 11.9. The summed E-state index contributed by atoms with van der Waals surface area (Å²) >= 11 is 0. The maximum atomic E-state index is 11.2. The quantitative estimate of drug-likeness (QED) is 0.296. The monoisotopic (exact) mass is 292 g/mol. The van der Waals surface area contributed by atoms with Gasteiger partial charge in [-0.25, -0.2) is 0 Å². The van der Waals surface area contributed by atoms with Crippen LogP contribution in [0.5, 0.6) is 0 Å². The van der Waals surface area contributed by atoms with Gasteiger partial charge in [-0.05, 0) is 19.1 Å². The molecule has 2 heterocycles. The van der Waals surface area contributed by atoms with Crippen molar-refractivity contribution in [3.63, 3.8) is 0 Å². The van der Waals surface area contributed by atoms with E-state index in [0.717, 1.165) is 31.9 Å². The lowest BCUT2D eigenvalue weighted by Gasteiger charge is -2.38. The number of carbonyl (C=O) groups is 1. The third-order valence-electron chi connectivity index (χ3n) is 3.77. The summed E-state index contributed by atoms with van der Waals surface area (Å²) in [6, 6.07) is 3.45. The van der Waals surface area contributed by atoms with E-state index in [4.69, 9.17) is 16.7 Å². The van der Waals surface area contributed by atoms with Crippen molar-refractivity contribution in [2.75, 3.05) is 31.1 Å². The van der Waals surface area contributed by atoms with E-state index in [1.165, 1.54) is 0 Å². The molecular weight excluding hydrogens is 272 g/mol. The summed E-state index contributed by atoms with van der Waals surface area (Å²) in [7, 11) is 0.